The highest BCUT2D eigenvalue weighted by atomic mass is 16.3. The topological polar surface area (TPSA) is 78.4 Å². The van der Waals surface area contributed by atoms with Gasteiger partial charge in [0.05, 0.1) is 5.92 Å². The molecule has 1 heterocycles. The molecule has 1 atom stereocenters. The Hall–Kier alpha value is -3.08. The van der Waals surface area contributed by atoms with E-state index in [1.807, 2.05) is 0 Å². The van der Waals surface area contributed by atoms with Crippen LogP contribution in [0.25, 0.3) is 0 Å². The lowest BCUT2D eigenvalue weighted by Gasteiger charge is -2.10. The predicted octanol–water partition coefficient (Wildman–Crippen LogP) is 7.08. The highest BCUT2D eigenvalue weighted by molar-refractivity contribution is 6.03. The third kappa shape index (κ3) is 11.7. The summed E-state index contributed by atoms with van der Waals surface area (Å²) >= 11 is 0. The van der Waals surface area contributed by atoms with Gasteiger partial charge in [0.2, 0.25) is 11.8 Å². The number of benzene rings is 1. The van der Waals surface area contributed by atoms with Crippen molar-refractivity contribution in [1.82, 2.24) is 5.32 Å². The summed E-state index contributed by atoms with van der Waals surface area (Å²) in [5.41, 5.74) is 1.54. The molecule has 35 heavy (non-hydrogen) atoms. The maximum absolute atomic E-state index is 12.1. The first-order valence-electron chi connectivity index (χ1n) is 13.1. The summed E-state index contributed by atoms with van der Waals surface area (Å²) in [6.07, 6.45) is 28.3. The molecule has 0 fully saturated rings. The van der Waals surface area contributed by atoms with Crippen LogP contribution >= 0.6 is 0 Å². The number of rotatable bonds is 17. The second-order valence-corrected chi connectivity index (χ2v) is 8.93. The Morgan fingerprint density at radius 2 is 1.57 bits per heavy atom. The lowest BCUT2D eigenvalue weighted by atomic mass is 9.97. The maximum Gasteiger partial charge on any atom is 0.232 e. The van der Waals surface area contributed by atoms with Crippen molar-refractivity contribution >= 4 is 17.5 Å². The van der Waals surface area contributed by atoms with E-state index in [9.17, 15) is 14.7 Å². The van der Waals surface area contributed by atoms with Crippen molar-refractivity contribution < 1.29 is 14.7 Å². The van der Waals surface area contributed by atoms with Crippen molar-refractivity contribution in [3.05, 3.63) is 72.4 Å². The van der Waals surface area contributed by atoms with Gasteiger partial charge in [0.15, 0.2) is 0 Å². The Labute approximate surface area is 211 Å². The number of fused-ring (bicyclic) bond motifs is 1. The molecule has 1 unspecified atom stereocenters. The molecule has 1 aliphatic rings. The average Bonchev–Trinajstić information content (AvgIpc) is 3.15. The van der Waals surface area contributed by atoms with Crippen LogP contribution in [-0.2, 0) is 9.59 Å². The summed E-state index contributed by atoms with van der Waals surface area (Å²) in [5, 5.41) is 15.4. The molecule has 0 aromatic heterocycles. The Bertz CT molecular complexity index is 899. The maximum atomic E-state index is 12.1. The van der Waals surface area contributed by atoms with E-state index in [1.54, 1.807) is 18.2 Å². The second kappa shape index (κ2) is 17.4. The molecule has 1 aromatic carbocycles. The first-order valence-corrected chi connectivity index (χ1v) is 13.1. The third-order valence-corrected chi connectivity index (χ3v) is 5.97. The van der Waals surface area contributed by atoms with Gasteiger partial charge in [-0.2, -0.15) is 0 Å². The fourth-order valence-electron chi connectivity index (χ4n) is 3.99. The number of anilines is 1. The predicted molar refractivity (Wildman–Crippen MR) is 146 cm³/mol. The van der Waals surface area contributed by atoms with Crippen LogP contribution in [-0.4, -0.2) is 23.5 Å². The summed E-state index contributed by atoms with van der Waals surface area (Å²) in [6, 6.07) is 4.88. The zero-order chi connectivity index (χ0) is 25.1. The number of carbonyl (C=O) groups is 2. The van der Waals surface area contributed by atoms with Crippen molar-refractivity contribution in [2.45, 2.75) is 83.5 Å². The minimum Gasteiger partial charge on any atom is -0.508 e. The SMILES string of the molecule is CCCCC/C=C\C/C=C\C/C=C\C/C=C\CCCC(=O)NCCC1C(=O)Nc2ccc(O)cc21. The van der Waals surface area contributed by atoms with Crippen LogP contribution in [0.1, 0.15) is 89.0 Å². The zero-order valence-electron chi connectivity index (χ0n) is 21.2. The van der Waals surface area contributed by atoms with Crippen molar-refractivity contribution in [2.75, 3.05) is 11.9 Å². The van der Waals surface area contributed by atoms with Gasteiger partial charge in [-0.15, -0.1) is 0 Å². The standard InChI is InChI=1S/C30H42N2O3/c1-2-3-4-5-6-7-8-9-10-11-12-13-14-15-16-17-18-19-29(34)31-23-22-26-27-24-25(33)20-21-28(27)32-30(26)35/h6-7,9-10,12-13,15-16,20-21,24,26,33H,2-5,8,11,14,17-19,22-23H2,1H3,(H,31,34)(H,32,35)/b7-6-,10-9-,13-12-,16-15-. The number of carbonyl (C=O) groups excluding carboxylic acids is 2. The fourth-order valence-corrected chi connectivity index (χ4v) is 3.99. The normalized spacial score (nSPS) is 15.6. The van der Waals surface area contributed by atoms with Crippen molar-refractivity contribution in [1.29, 1.82) is 0 Å². The number of amides is 2. The first-order chi connectivity index (χ1) is 17.1. The van der Waals surface area contributed by atoms with E-state index in [1.165, 1.54) is 25.7 Å². The summed E-state index contributed by atoms with van der Waals surface area (Å²) < 4.78 is 0. The molecule has 0 bridgehead atoms. The number of phenols is 1. The van der Waals surface area contributed by atoms with Gasteiger partial charge < -0.3 is 15.7 Å². The number of hydrogen-bond acceptors (Lipinski definition) is 3. The van der Waals surface area contributed by atoms with E-state index in [0.717, 1.165) is 43.4 Å². The highest BCUT2D eigenvalue weighted by Crippen LogP contribution is 2.36. The Morgan fingerprint density at radius 1 is 0.943 bits per heavy atom. The van der Waals surface area contributed by atoms with Gasteiger partial charge in [0.25, 0.3) is 0 Å². The molecule has 190 valence electrons. The van der Waals surface area contributed by atoms with Gasteiger partial charge in [-0.05, 0) is 75.1 Å². The molecule has 5 nitrogen and oxygen atoms in total. The molecule has 2 amide bonds. The minimum atomic E-state index is -0.332. The van der Waals surface area contributed by atoms with Crippen LogP contribution < -0.4 is 10.6 Å². The number of phenolic OH excluding ortho intramolecular Hbond substituents is 1. The van der Waals surface area contributed by atoms with Crippen molar-refractivity contribution in [3.63, 3.8) is 0 Å². The van der Waals surface area contributed by atoms with Crippen LogP contribution in [0.15, 0.2) is 66.8 Å². The number of nitrogens with one attached hydrogen (secondary N) is 2. The second-order valence-electron chi connectivity index (χ2n) is 8.93. The van der Waals surface area contributed by atoms with E-state index in [4.69, 9.17) is 0 Å². The van der Waals surface area contributed by atoms with Crippen LogP contribution in [0.2, 0.25) is 0 Å². The van der Waals surface area contributed by atoms with E-state index in [2.05, 4.69) is 66.2 Å². The number of allylic oxidation sites excluding steroid dienone is 8. The largest absolute Gasteiger partial charge is 0.508 e. The quantitative estimate of drug-likeness (QED) is 0.127. The fraction of sp³-hybridized carbons (Fsp3) is 0.467. The van der Waals surface area contributed by atoms with Crippen LogP contribution in [0, 0.1) is 0 Å². The average molecular weight is 479 g/mol. The van der Waals surface area contributed by atoms with E-state index < -0.39 is 0 Å². The molecule has 0 saturated heterocycles. The molecule has 0 aliphatic carbocycles. The Balaban J connectivity index is 1.46. The Kier molecular flexibility index (Phi) is 14.0. The third-order valence-electron chi connectivity index (χ3n) is 5.97. The molecule has 1 aromatic rings. The molecular formula is C30H42N2O3. The molecule has 1 aliphatic heterocycles. The number of aromatic hydroxyl groups is 1. The van der Waals surface area contributed by atoms with Crippen LogP contribution in [0.3, 0.4) is 0 Å². The summed E-state index contributed by atoms with van der Waals surface area (Å²) in [4.78, 5) is 24.2. The molecule has 3 N–H and O–H groups in total. The minimum absolute atomic E-state index is 0.00965. The molecule has 2 rings (SSSR count). The van der Waals surface area contributed by atoms with Crippen molar-refractivity contribution in [3.8, 4) is 5.75 Å². The zero-order valence-corrected chi connectivity index (χ0v) is 21.2. The summed E-state index contributed by atoms with van der Waals surface area (Å²) in [6.45, 7) is 2.67. The van der Waals surface area contributed by atoms with Gasteiger partial charge in [-0.25, -0.2) is 0 Å². The monoisotopic (exact) mass is 478 g/mol. The van der Waals surface area contributed by atoms with E-state index in [-0.39, 0.29) is 23.5 Å². The van der Waals surface area contributed by atoms with Gasteiger partial charge in [0.1, 0.15) is 5.75 Å². The lowest BCUT2D eigenvalue weighted by molar-refractivity contribution is -0.121. The number of hydrogen-bond donors (Lipinski definition) is 3. The van der Waals surface area contributed by atoms with Crippen molar-refractivity contribution in [2.24, 2.45) is 0 Å². The molecule has 0 spiro atoms. The van der Waals surface area contributed by atoms with Gasteiger partial charge >= 0.3 is 0 Å². The smallest absolute Gasteiger partial charge is 0.232 e. The summed E-state index contributed by atoms with van der Waals surface area (Å²) in [7, 11) is 0. The lowest BCUT2D eigenvalue weighted by Crippen LogP contribution is -2.26. The van der Waals surface area contributed by atoms with Crippen LogP contribution in [0.4, 0.5) is 5.69 Å². The van der Waals surface area contributed by atoms with Gasteiger partial charge in [-0.1, -0.05) is 68.4 Å². The molecule has 5 heteroatoms. The highest BCUT2D eigenvalue weighted by Gasteiger charge is 2.30. The Morgan fingerprint density at radius 3 is 2.23 bits per heavy atom. The number of unbranched alkanes of at least 4 members (excludes halogenated alkanes) is 4. The van der Waals surface area contributed by atoms with Gasteiger partial charge in [0, 0.05) is 18.7 Å². The molecule has 0 radical (unpaired) electrons. The van der Waals surface area contributed by atoms with Gasteiger partial charge in [-0.3, -0.25) is 9.59 Å². The molecular weight excluding hydrogens is 436 g/mol. The van der Waals surface area contributed by atoms with E-state index >= 15 is 0 Å². The van der Waals surface area contributed by atoms with E-state index in [0.29, 0.717) is 19.4 Å². The summed E-state index contributed by atoms with van der Waals surface area (Å²) in [5.74, 6) is -0.261. The van der Waals surface area contributed by atoms with Crippen LogP contribution in [0.5, 0.6) is 5.75 Å². The first kappa shape index (κ1) is 28.2. The molecule has 0 saturated carbocycles.